The Bertz CT molecular complexity index is 349. The van der Waals surface area contributed by atoms with Crippen molar-refractivity contribution >= 4 is 18.0 Å². The van der Waals surface area contributed by atoms with Crippen molar-refractivity contribution in [2.75, 3.05) is 0 Å². The van der Waals surface area contributed by atoms with Crippen LogP contribution >= 0.6 is 11.8 Å². The fourth-order valence-corrected chi connectivity index (χ4v) is 1.81. The third-order valence-electron chi connectivity index (χ3n) is 1.56. The first-order valence-corrected chi connectivity index (χ1v) is 4.35. The monoisotopic (exact) mass is 178 g/mol. The second-order valence-corrected chi connectivity index (χ2v) is 3.40. The Kier molecular flexibility index (Phi) is 1.91. The number of hydrogen-bond donors (Lipinski definition) is 0. The van der Waals surface area contributed by atoms with Gasteiger partial charge < -0.3 is 0 Å². The van der Waals surface area contributed by atoms with Gasteiger partial charge in [-0.15, -0.1) is 0 Å². The molecule has 0 bridgehead atoms. The van der Waals surface area contributed by atoms with Crippen molar-refractivity contribution in [1.82, 2.24) is 9.97 Å². The van der Waals surface area contributed by atoms with Crippen molar-refractivity contribution in [2.45, 2.75) is 11.4 Å². The van der Waals surface area contributed by atoms with Gasteiger partial charge in [-0.3, -0.25) is 9.78 Å². The molecular formula is C8H6N2OS. The highest BCUT2D eigenvalue weighted by atomic mass is 32.2. The number of aldehydes is 1. The van der Waals surface area contributed by atoms with Gasteiger partial charge in [-0.25, -0.2) is 4.98 Å². The van der Waals surface area contributed by atoms with Crippen molar-refractivity contribution in [3.8, 4) is 0 Å². The zero-order valence-electron chi connectivity index (χ0n) is 6.23. The summed E-state index contributed by atoms with van der Waals surface area (Å²) in [5, 5.41) is 0.849. The molecule has 2 heterocycles. The molecule has 0 fully saturated rings. The van der Waals surface area contributed by atoms with Crippen LogP contribution < -0.4 is 0 Å². The molecule has 4 heteroatoms. The molecule has 60 valence electrons. The van der Waals surface area contributed by atoms with Crippen molar-refractivity contribution in [2.24, 2.45) is 0 Å². The summed E-state index contributed by atoms with van der Waals surface area (Å²) in [4.78, 5) is 19.4. The molecule has 12 heavy (non-hydrogen) atoms. The van der Waals surface area contributed by atoms with E-state index in [1.54, 1.807) is 12.4 Å². The molecule has 0 amide bonds. The first kappa shape index (κ1) is 7.49. The summed E-state index contributed by atoms with van der Waals surface area (Å²) in [6, 6.07) is 0. The quantitative estimate of drug-likeness (QED) is 0.606. The lowest BCUT2D eigenvalue weighted by Gasteiger charge is -2.09. The van der Waals surface area contributed by atoms with E-state index >= 15 is 0 Å². The Balaban J connectivity index is 2.36. The number of hydrogen-bond acceptors (Lipinski definition) is 4. The Hall–Kier alpha value is -1.16. The van der Waals surface area contributed by atoms with Gasteiger partial charge >= 0.3 is 0 Å². The van der Waals surface area contributed by atoms with E-state index in [-0.39, 0.29) is 0 Å². The van der Waals surface area contributed by atoms with Crippen LogP contribution in [0.15, 0.2) is 28.4 Å². The van der Waals surface area contributed by atoms with Crippen LogP contribution in [0.3, 0.4) is 0 Å². The second kappa shape index (κ2) is 3.06. The maximum atomic E-state index is 10.4. The number of allylic oxidation sites excluding steroid dienone is 2. The summed E-state index contributed by atoms with van der Waals surface area (Å²) < 4.78 is 0. The van der Waals surface area contributed by atoms with Crippen molar-refractivity contribution in [3.63, 3.8) is 0 Å². The van der Waals surface area contributed by atoms with E-state index in [0.717, 1.165) is 21.9 Å². The predicted molar refractivity (Wildman–Crippen MR) is 45.7 cm³/mol. The summed E-state index contributed by atoms with van der Waals surface area (Å²) in [6.07, 6.45) is 6.74. The molecule has 0 radical (unpaired) electrons. The highest BCUT2D eigenvalue weighted by molar-refractivity contribution is 8.03. The fraction of sp³-hybridized carbons (Fsp3) is 0.125. The Morgan fingerprint density at radius 3 is 3.08 bits per heavy atom. The summed E-state index contributed by atoms with van der Waals surface area (Å²) in [5.74, 6) is 0. The summed E-state index contributed by atoms with van der Waals surface area (Å²) in [7, 11) is 0. The van der Waals surface area contributed by atoms with E-state index in [1.165, 1.54) is 11.8 Å². The zero-order chi connectivity index (χ0) is 8.39. The van der Waals surface area contributed by atoms with Gasteiger partial charge in [0.15, 0.2) is 6.29 Å². The van der Waals surface area contributed by atoms with Gasteiger partial charge in [-0.1, -0.05) is 17.8 Å². The van der Waals surface area contributed by atoms with Crippen molar-refractivity contribution in [3.05, 3.63) is 29.1 Å². The number of thioether (sulfide) groups is 1. The Morgan fingerprint density at radius 2 is 2.25 bits per heavy atom. The van der Waals surface area contributed by atoms with E-state index in [0.29, 0.717) is 6.42 Å². The fourth-order valence-electron chi connectivity index (χ4n) is 1.00. The molecule has 1 aromatic heterocycles. The van der Waals surface area contributed by atoms with Crippen LogP contribution in [-0.4, -0.2) is 16.3 Å². The van der Waals surface area contributed by atoms with Gasteiger partial charge in [0.25, 0.3) is 0 Å². The van der Waals surface area contributed by atoms with E-state index in [2.05, 4.69) is 9.97 Å². The number of rotatable bonds is 1. The van der Waals surface area contributed by atoms with E-state index in [9.17, 15) is 4.79 Å². The first-order chi connectivity index (χ1) is 5.90. The van der Waals surface area contributed by atoms with E-state index < -0.39 is 0 Å². The lowest BCUT2D eigenvalue weighted by Crippen LogP contribution is -1.99. The third kappa shape index (κ3) is 1.25. The molecule has 0 unspecified atom stereocenters. The van der Waals surface area contributed by atoms with Crippen LogP contribution in [0.5, 0.6) is 0 Å². The lowest BCUT2D eigenvalue weighted by atomic mass is 10.3. The van der Waals surface area contributed by atoms with Gasteiger partial charge in [-0.05, 0) is 0 Å². The minimum Gasteiger partial charge on any atom is -0.297 e. The number of nitrogens with zero attached hydrogens (tertiary/aromatic N) is 2. The predicted octanol–water partition coefficient (Wildman–Crippen LogP) is 1.21. The first-order valence-electron chi connectivity index (χ1n) is 3.53. The molecule has 0 aliphatic carbocycles. The molecule has 3 nitrogen and oxygen atoms in total. The largest absolute Gasteiger partial charge is 0.297 e. The molecule has 0 saturated carbocycles. The van der Waals surface area contributed by atoms with Crippen molar-refractivity contribution < 1.29 is 4.79 Å². The van der Waals surface area contributed by atoms with Crippen LogP contribution in [0.1, 0.15) is 5.69 Å². The molecule has 0 spiro atoms. The molecule has 1 aromatic rings. The second-order valence-electron chi connectivity index (χ2n) is 2.34. The van der Waals surface area contributed by atoms with Crippen LogP contribution in [0, 0.1) is 0 Å². The van der Waals surface area contributed by atoms with E-state index in [1.807, 2.05) is 6.08 Å². The molecule has 0 N–H and O–H groups in total. The lowest BCUT2D eigenvalue weighted by molar-refractivity contribution is -0.104. The molecule has 0 atom stereocenters. The maximum Gasteiger partial charge on any atom is 0.156 e. The maximum absolute atomic E-state index is 10.4. The van der Waals surface area contributed by atoms with Gasteiger partial charge in [0.05, 0.1) is 10.6 Å². The highest BCUT2D eigenvalue weighted by Crippen LogP contribution is 2.29. The van der Waals surface area contributed by atoms with Crippen molar-refractivity contribution in [1.29, 1.82) is 0 Å². The summed E-state index contributed by atoms with van der Waals surface area (Å²) in [5.41, 5.74) is 0.952. The van der Waals surface area contributed by atoms with Gasteiger partial charge in [0.1, 0.15) is 5.03 Å². The number of fused-ring (bicyclic) bond motifs is 1. The molecule has 1 aliphatic heterocycles. The van der Waals surface area contributed by atoms with Gasteiger partial charge in [0.2, 0.25) is 0 Å². The van der Waals surface area contributed by atoms with Crippen LogP contribution in [0.25, 0.3) is 0 Å². The Morgan fingerprint density at radius 1 is 1.42 bits per heavy atom. The molecule has 2 rings (SSSR count). The minimum atomic E-state index is 0.713. The molecular weight excluding hydrogens is 172 g/mol. The zero-order valence-corrected chi connectivity index (χ0v) is 7.04. The number of carbonyl (C=O) groups is 1. The minimum absolute atomic E-state index is 0.713. The van der Waals surface area contributed by atoms with E-state index in [4.69, 9.17) is 0 Å². The number of carbonyl (C=O) groups excluding carboxylic acids is 1. The average Bonchev–Trinajstić information content (AvgIpc) is 2.17. The Labute approximate surface area is 73.9 Å². The summed E-state index contributed by atoms with van der Waals surface area (Å²) in [6.45, 7) is 0. The standard InChI is InChI=1S/C8H6N2OS/c11-5-6-1-2-7-8(12-6)10-4-3-9-7/h1,3-5H,2H2. The van der Waals surface area contributed by atoms with Crippen LogP contribution in [0.4, 0.5) is 0 Å². The van der Waals surface area contributed by atoms with Crippen LogP contribution in [0.2, 0.25) is 0 Å². The SMILES string of the molecule is O=CC1=CCc2nccnc2S1. The third-order valence-corrected chi connectivity index (χ3v) is 2.60. The smallest absolute Gasteiger partial charge is 0.156 e. The normalized spacial score (nSPS) is 14.8. The highest BCUT2D eigenvalue weighted by Gasteiger charge is 2.12. The van der Waals surface area contributed by atoms with Gasteiger partial charge in [-0.2, -0.15) is 0 Å². The number of aromatic nitrogens is 2. The van der Waals surface area contributed by atoms with Crippen LogP contribution in [-0.2, 0) is 11.2 Å². The molecule has 0 saturated heterocycles. The molecule has 0 aromatic carbocycles. The molecule has 1 aliphatic rings. The average molecular weight is 178 g/mol. The summed E-state index contributed by atoms with van der Waals surface area (Å²) >= 11 is 1.38. The topological polar surface area (TPSA) is 42.9 Å². The van der Waals surface area contributed by atoms with Gasteiger partial charge in [0, 0.05) is 18.8 Å².